The molecule has 0 heterocycles. The molecule has 1 unspecified atom stereocenters. The summed E-state index contributed by atoms with van der Waals surface area (Å²) in [7, 11) is 0. The molecule has 0 aliphatic carbocycles. The average molecular weight is 477 g/mol. The van der Waals surface area contributed by atoms with Gasteiger partial charge in [0.05, 0.1) is 58.8 Å². The SMILES string of the molecule is CC(=O)CCOCCOCCOCCOCCNC(=O)CCNC(=O)CC(C(=O)O)C(C)C. The van der Waals surface area contributed by atoms with Crippen molar-refractivity contribution >= 4 is 23.6 Å². The van der Waals surface area contributed by atoms with Gasteiger partial charge in [0.15, 0.2) is 0 Å². The van der Waals surface area contributed by atoms with Gasteiger partial charge in [0.1, 0.15) is 5.78 Å². The number of carboxylic acid groups (broad SMARTS) is 1. The Labute approximate surface area is 195 Å². The number of carboxylic acids is 1. The maximum atomic E-state index is 11.8. The van der Waals surface area contributed by atoms with Gasteiger partial charge in [0.2, 0.25) is 11.8 Å². The molecule has 2 amide bonds. The highest BCUT2D eigenvalue weighted by molar-refractivity contribution is 5.83. The van der Waals surface area contributed by atoms with E-state index in [-0.39, 0.29) is 42.9 Å². The molecule has 3 N–H and O–H groups in total. The predicted octanol–water partition coefficient (Wildman–Crippen LogP) is 0.401. The Bertz CT molecular complexity index is 570. The first-order valence-corrected chi connectivity index (χ1v) is 11.3. The molecule has 0 saturated carbocycles. The highest BCUT2D eigenvalue weighted by Gasteiger charge is 2.24. The van der Waals surface area contributed by atoms with Gasteiger partial charge in [-0.05, 0) is 12.8 Å². The predicted molar refractivity (Wildman–Crippen MR) is 120 cm³/mol. The van der Waals surface area contributed by atoms with Crippen LogP contribution < -0.4 is 10.6 Å². The first-order chi connectivity index (χ1) is 15.7. The Morgan fingerprint density at radius 1 is 0.697 bits per heavy atom. The van der Waals surface area contributed by atoms with Crippen molar-refractivity contribution in [2.45, 2.75) is 40.0 Å². The van der Waals surface area contributed by atoms with Crippen LogP contribution in [0, 0.1) is 11.8 Å². The molecule has 0 aromatic heterocycles. The molecule has 0 fully saturated rings. The van der Waals surface area contributed by atoms with Crippen LogP contribution in [0.1, 0.15) is 40.0 Å². The van der Waals surface area contributed by atoms with E-state index in [0.717, 1.165) is 0 Å². The number of rotatable bonds is 22. The number of hydrogen-bond acceptors (Lipinski definition) is 8. The number of hydrogen-bond donors (Lipinski definition) is 3. The molecule has 0 radical (unpaired) electrons. The summed E-state index contributed by atoms with van der Waals surface area (Å²) in [5, 5.41) is 14.3. The fourth-order valence-electron chi connectivity index (χ4n) is 2.52. The van der Waals surface area contributed by atoms with E-state index >= 15 is 0 Å². The third kappa shape index (κ3) is 20.3. The molecule has 33 heavy (non-hydrogen) atoms. The molecule has 192 valence electrons. The van der Waals surface area contributed by atoms with E-state index in [9.17, 15) is 19.2 Å². The number of ether oxygens (including phenoxy) is 4. The van der Waals surface area contributed by atoms with Crippen LogP contribution in [0.5, 0.6) is 0 Å². The number of amides is 2. The average Bonchev–Trinajstić information content (AvgIpc) is 2.74. The van der Waals surface area contributed by atoms with Crippen molar-refractivity contribution in [1.29, 1.82) is 0 Å². The van der Waals surface area contributed by atoms with Crippen molar-refractivity contribution in [3.63, 3.8) is 0 Å². The first kappa shape index (κ1) is 30.9. The summed E-state index contributed by atoms with van der Waals surface area (Å²) in [6, 6.07) is 0. The molecule has 0 aliphatic rings. The zero-order valence-electron chi connectivity index (χ0n) is 20.1. The van der Waals surface area contributed by atoms with Crippen LogP contribution in [0.4, 0.5) is 0 Å². The number of Topliss-reactive ketones (excluding diaryl/α,β-unsaturated/α-hetero) is 1. The summed E-state index contributed by atoms with van der Waals surface area (Å²) in [5.41, 5.74) is 0. The van der Waals surface area contributed by atoms with Gasteiger partial charge in [-0.15, -0.1) is 0 Å². The minimum Gasteiger partial charge on any atom is -0.481 e. The molecule has 0 aromatic rings. The van der Waals surface area contributed by atoms with Crippen molar-refractivity contribution in [2.75, 3.05) is 65.9 Å². The Hall–Kier alpha value is -2.08. The van der Waals surface area contributed by atoms with Crippen LogP contribution in [-0.2, 0) is 38.1 Å². The Kier molecular flexibility index (Phi) is 19.2. The van der Waals surface area contributed by atoms with Crippen LogP contribution in [-0.4, -0.2) is 94.6 Å². The summed E-state index contributed by atoms with van der Waals surface area (Å²) in [6.07, 6.45) is 0.420. The molecule has 0 spiro atoms. The number of ketones is 1. The van der Waals surface area contributed by atoms with Crippen molar-refractivity contribution in [1.82, 2.24) is 10.6 Å². The molecule has 11 nitrogen and oxygen atoms in total. The maximum Gasteiger partial charge on any atom is 0.307 e. The van der Waals surface area contributed by atoms with Gasteiger partial charge in [0.25, 0.3) is 0 Å². The van der Waals surface area contributed by atoms with E-state index in [4.69, 9.17) is 24.1 Å². The van der Waals surface area contributed by atoms with Crippen molar-refractivity contribution in [2.24, 2.45) is 11.8 Å². The topological polar surface area (TPSA) is 149 Å². The Morgan fingerprint density at radius 2 is 1.18 bits per heavy atom. The lowest BCUT2D eigenvalue weighted by molar-refractivity contribution is -0.145. The zero-order chi connectivity index (χ0) is 24.9. The lowest BCUT2D eigenvalue weighted by Crippen LogP contribution is -2.34. The third-order valence-corrected chi connectivity index (χ3v) is 4.48. The van der Waals surface area contributed by atoms with Gasteiger partial charge in [-0.25, -0.2) is 0 Å². The van der Waals surface area contributed by atoms with Gasteiger partial charge in [-0.2, -0.15) is 0 Å². The summed E-state index contributed by atoms with van der Waals surface area (Å²) in [4.78, 5) is 45.4. The lowest BCUT2D eigenvalue weighted by Gasteiger charge is -2.15. The van der Waals surface area contributed by atoms with E-state index in [1.165, 1.54) is 6.92 Å². The molecule has 0 rings (SSSR count). The second-order valence-electron chi connectivity index (χ2n) is 7.74. The Morgan fingerprint density at radius 3 is 1.67 bits per heavy atom. The third-order valence-electron chi connectivity index (χ3n) is 4.48. The number of carbonyl (C=O) groups is 4. The van der Waals surface area contributed by atoms with E-state index in [2.05, 4.69) is 10.6 Å². The van der Waals surface area contributed by atoms with Crippen LogP contribution >= 0.6 is 0 Å². The molecule has 0 aliphatic heterocycles. The van der Waals surface area contributed by atoms with Crippen molar-refractivity contribution in [3.8, 4) is 0 Å². The summed E-state index contributed by atoms with van der Waals surface area (Å²) in [5.74, 6) is -2.39. The van der Waals surface area contributed by atoms with Crippen LogP contribution in [0.3, 0.4) is 0 Å². The van der Waals surface area contributed by atoms with E-state index in [1.54, 1.807) is 13.8 Å². The first-order valence-electron chi connectivity index (χ1n) is 11.3. The highest BCUT2D eigenvalue weighted by Crippen LogP contribution is 2.15. The number of nitrogens with one attached hydrogen (secondary N) is 2. The van der Waals surface area contributed by atoms with Crippen LogP contribution in [0.15, 0.2) is 0 Å². The second-order valence-corrected chi connectivity index (χ2v) is 7.74. The fraction of sp³-hybridized carbons (Fsp3) is 0.818. The minimum absolute atomic E-state index is 0.102. The molecular weight excluding hydrogens is 436 g/mol. The lowest BCUT2D eigenvalue weighted by atomic mass is 9.92. The largest absolute Gasteiger partial charge is 0.481 e. The molecule has 11 heteroatoms. The van der Waals surface area contributed by atoms with E-state index in [1.807, 2.05) is 0 Å². The van der Waals surface area contributed by atoms with Gasteiger partial charge < -0.3 is 34.7 Å². The smallest absolute Gasteiger partial charge is 0.307 e. The summed E-state index contributed by atoms with van der Waals surface area (Å²) >= 11 is 0. The number of aliphatic carboxylic acids is 1. The maximum absolute atomic E-state index is 11.8. The quantitative estimate of drug-likeness (QED) is 0.189. The van der Waals surface area contributed by atoms with Gasteiger partial charge in [-0.3, -0.25) is 19.2 Å². The van der Waals surface area contributed by atoms with Crippen molar-refractivity contribution in [3.05, 3.63) is 0 Å². The van der Waals surface area contributed by atoms with Crippen molar-refractivity contribution < 1.29 is 43.2 Å². The van der Waals surface area contributed by atoms with Gasteiger partial charge >= 0.3 is 5.97 Å². The molecule has 0 saturated heterocycles. The van der Waals surface area contributed by atoms with Crippen LogP contribution in [0.25, 0.3) is 0 Å². The van der Waals surface area contributed by atoms with E-state index in [0.29, 0.717) is 65.8 Å². The van der Waals surface area contributed by atoms with Crippen LogP contribution in [0.2, 0.25) is 0 Å². The highest BCUT2D eigenvalue weighted by atomic mass is 16.6. The van der Waals surface area contributed by atoms with Gasteiger partial charge in [-0.1, -0.05) is 13.8 Å². The molecule has 1 atom stereocenters. The Balaban J connectivity index is 3.45. The van der Waals surface area contributed by atoms with Gasteiger partial charge in [0, 0.05) is 32.4 Å². The fourth-order valence-corrected chi connectivity index (χ4v) is 2.52. The molecular formula is C22H40N2O9. The normalized spacial score (nSPS) is 11.9. The molecule has 0 bridgehead atoms. The standard InChI is InChI=1S/C22H40N2O9/c1-17(2)19(22(28)29)16-21(27)23-6-4-20(26)24-7-9-31-11-13-33-15-14-32-12-10-30-8-5-18(3)25/h17,19H,4-16H2,1-3H3,(H,23,27)(H,24,26)(H,28,29). The molecule has 0 aromatic carbocycles. The monoisotopic (exact) mass is 476 g/mol. The summed E-state index contributed by atoms with van der Waals surface area (Å²) < 4.78 is 21.3. The minimum atomic E-state index is -1.000. The van der Waals surface area contributed by atoms with E-state index < -0.39 is 11.9 Å². The number of carbonyl (C=O) groups excluding carboxylic acids is 3. The zero-order valence-corrected chi connectivity index (χ0v) is 20.1. The summed E-state index contributed by atoms with van der Waals surface area (Å²) in [6.45, 7) is 8.83. The second kappa shape index (κ2) is 20.5.